The Morgan fingerprint density at radius 2 is 2.00 bits per heavy atom. The van der Waals surface area contributed by atoms with E-state index in [1.54, 1.807) is 0 Å². The van der Waals surface area contributed by atoms with Gasteiger partial charge in [0.05, 0.1) is 24.1 Å². The van der Waals surface area contributed by atoms with Gasteiger partial charge >= 0.3 is 0 Å². The minimum absolute atomic E-state index is 0.182. The number of anilines is 2. The molecule has 0 saturated carbocycles. The Kier molecular flexibility index (Phi) is 3.84. The third-order valence-electron chi connectivity index (χ3n) is 3.58. The third kappa shape index (κ3) is 2.91. The number of likely N-dealkylation sites (N-methyl/N-ethyl adjacent to an activating group) is 1. The molecule has 1 fully saturated rings. The monoisotopic (exact) mass is 279 g/mol. The number of morpholine rings is 1. The van der Waals surface area contributed by atoms with E-state index in [-0.39, 0.29) is 6.10 Å². The van der Waals surface area contributed by atoms with Gasteiger partial charge in [-0.3, -0.25) is 0 Å². The molecule has 0 amide bonds. The van der Waals surface area contributed by atoms with Crippen LogP contribution in [0, 0.1) is 0 Å². The Labute approximate surface area is 118 Å². The van der Waals surface area contributed by atoms with Crippen LogP contribution in [0.3, 0.4) is 0 Å². The molecule has 0 spiro atoms. The summed E-state index contributed by atoms with van der Waals surface area (Å²) in [5.74, 6) is 1.46. The van der Waals surface area contributed by atoms with Gasteiger partial charge in [-0.25, -0.2) is 0 Å². The Morgan fingerprint density at radius 1 is 1.25 bits per heavy atom. The van der Waals surface area contributed by atoms with E-state index in [2.05, 4.69) is 17.3 Å². The first-order valence-corrected chi connectivity index (χ1v) is 6.95. The SMILES string of the molecule is CN1CCOC(CNc2cc3c(cc2N)OCCO3)C1. The fourth-order valence-electron chi connectivity index (χ4n) is 2.47. The lowest BCUT2D eigenvalue weighted by molar-refractivity contribution is -0.0117. The van der Waals surface area contributed by atoms with E-state index in [0.717, 1.165) is 37.7 Å². The molecule has 2 aliphatic rings. The molecule has 0 aliphatic carbocycles. The first-order valence-electron chi connectivity index (χ1n) is 6.95. The predicted octanol–water partition coefficient (Wildman–Crippen LogP) is 0.782. The lowest BCUT2D eigenvalue weighted by atomic mass is 10.2. The largest absolute Gasteiger partial charge is 0.486 e. The van der Waals surface area contributed by atoms with Crippen LogP contribution in [0.2, 0.25) is 0 Å². The second-order valence-electron chi connectivity index (χ2n) is 5.22. The molecule has 2 heterocycles. The molecule has 3 N–H and O–H groups in total. The summed E-state index contributed by atoms with van der Waals surface area (Å²) in [6.45, 7) is 4.57. The topological polar surface area (TPSA) is 69.0 Å². The van der Waals surface area contributed by atoms with Crippen LogP contribution < -0.4 is 20.5 Å². The number of hydrogen-bond donors (Lipinski definition) is 2. The molecule has 1 aromatic rings. The van der Waals surface area contributed by atoms with E-state index in [0.29, 0.717) is 24.7 Å². The van der Waals surface area contributed by atoms with Gasteiger partial charge in [-0.05, 0) is 7.05 Å². The maximum atomic E-state index is 6.04. The van der Waals surface area contributed by atoms with Gasteiger partial charge in [0.15, 0.2) is 11.5 Å². The van der Waals surface area contributed by atoms with Crippen LogP contribution in [0.5, 0.6) is 11.5 Å². The van der Waals surface area contributed by atoms with Crippen molar-refractivity contribution in [3.8, 4) is 11.5 Å². The van der Waals surface area contributed by atoms with Crippen molar-refractivity contribution in [2.24, 2.45) is 0 Å². The van der Waals surface area contributed by atoms with Gasteiger partial charge in [0.1, 0.15) is 13.2 Å². The van der Waals surface area contributed by atoms with Gasteiger partial charge < -0.3 is 30.2 Å². The molecule has 1 saturated heterocycles. The summed E-state index contributed by atoms with van der Waals surface area (Å²) in [7, 11) is 2.11. The first-order chi connectivity index (χ1) is 9.72. The van der Waals surface area contributed by atoms with Crippen molar-refractivity contribution in [2.45, 2.75) is 6.10 Å². The second-order valence-corrected chi connectivity index (χ2v) is 5.22. The number of hydrogen-bond acceptors (Lipinski definition) is 6. The molecule has 110 valence electrons. The maximum Gasteiger partial charge on any atom is 0.163 e. The summed E-state index contributed by atoms with van der Waals surface area (Å²) in [5, 5.41) is 3.34. The summed E-state index contributed by atoms with van der Waals surface area (Å²) in [5.41, 5.74) is 7.57. The molecule has 2 aliphatic heterocycles. The minimum atomic E-state index is 0.182. The van der Waals surface area contributed by atoms with Crippen LogP contribution in [0.25, 0.3) is 0 Å². The lowest BCUT2D eigenvalue weighted by Gasteiger charge is -2.30. The molecule has 6 nitrogen and oxygen atoms in total. The van der Waals surface area contributed by atoms with E-state index >= 15 is 0 Å². The smallest absolute Gasteiger partial charge is 0.163 e. The average molecular weight is 279 g/mol. The van der Waals surface area contributed by atoms with Gasteiger partial charge in [0, 0.05) is 31.8 Å². The third-order valence-corrected chi connectivity index (χ3v) is 3.58. The van der Waals surface area contributed by atoms with E-state index in [1.807, 2.05) is 12.1 Å². The first kappa shape index (κ1) is 13.3. The number of fused-ring (bicyclic) bond motifs is 1. The number of ether oxygens (including phenoxy) is 3. The summed E-state index contributed by atoms with van der Waals surface area (Å²) in [4.78, 5) is 2.27. The zero-order chi connectivity index (χ0) is 13.9. The fourth-order valence-corrected chi connectivity index (χ4v) is 2.47. The summed E-state index contributed by atoms with van der Waals surface area (Å²) >= 11 is 0. The molecule has 1 aromatic carbocycles. The predicted molar refractivity (Wildman–Crippen MR) is 77.6 cm³/mol. The molecule has 3 rings (SSSR count). The molecule has 1 unspecified atom stereocenters. The lowest BCUT2D eigenvalue weighted by Crippen LogP contribution is -2.43. The highest BCUT2D eigenvalue weighted by Crippen LogP contribution is 2.36. The molecule has 20 heavy (non-hydrogen) atoms. The number of benzene rings is 1. The number of rotatable bonds is 3. The van der Waals surface area contributed by atoms with Gasteiger partial charge in [-0.2, -0.15) is 0 Å². The molecular weight excluding hydrogens is 258 g/mol. The van der Waals surface area contributed by atoms with Crippen LogP contribution in [0.4, 0.5) is 11.4 Å². The molecule has 6 heteroatoms. The molecule has 1 atom stereocenters. The van der Waals surface area contributed by atoms with Crippen molar-refractivity contribution < 1.29 is 14.2 Å². The number of nitrogens with one attached hydrogen (secondary N) is 1. The van der Waals surface area contributed by atoms with E-state index in [9.17, 15) is 0 Å². The molecule has 0 radical (unpaired) electrons. The van der Waals surface area contributed by atoms with Gasteiger partial charge in [-0.1, -0.05) is 0 Å². The van der Waals surface area contributed by atoms with Crippen molar-refractivity contribution in [3.63, 3.8) is 0 Å². The van der Waals surface area contributed by atoms with Gasteiger partial charge in [0.2, 0.25) is 0 Å². The summed E-state index contributed by atoms with van der Waals surface area (Å²) in [6, 6.07) is 3.71. The average Bonchev–Trinajstić information content (AvgIpc) is 2.45. The standard InChI is InChI=1S/C14H21N3O3/c1-17-2-3-18-10(9-17)8-16-12-7-14-13(6-11(12)15)19-4-5-20-14/h6-7,10,16H,2-5,8-9,15H2,1H3. The normalized spacial score (nSPS) is 22.6. The van der Waals surface area contributed by atoms with E-state index in [1.165, 1.54) is 0 Å². The molecule has 0 aromatic heterocycles. The van der Waals surface area contributed by atoms with Crippen molar-refractivity contribution in [1.82, 2.24) is 4.90 Å². The quantitative estimate of drug-likeness (QED) is 0.797. The van der Waals surface area contributed by atoms with Crippen LogP contribution in [0.1, 0.15) is 0 Å². The Morgan fingerprint density at radius 3 is 2.75 bits per heavy atom. The van der Waals surface area contributed by atoms with E-state index < -0.39 is 0 Å². The van der Waals surface area contributed by atoms with Crippen molar-refractivity contribution in [3.05, 3.63) is 12.1 Å². The zero-order valence-corrected chi connectivity index (χ0v) is 11.7. The Bertz CT molecular complexity index is 481. The van der Waals surface area contributed by atoms with Crippen LogP contribution in [-0.2, 0) is 4.74 Å². The highest BCUT2D eigenvalue weighted by Gasteiger charge is 2.19. The van der Waals surface area contributed by atoms with Crippen molar-refractivity contribution in [2.75, 3.05) is 57.6 Å². The minimum Gasteiger partial charge on any atom is -0.486 e. The highest BCUT2D eigenvalue weighted by atomic mass is 16.6. The molecular formula is C14H21N3O3. The maximum absolute atomic E-state index is 6.04. The van der Waals surface area contributed by atoms with Crippen LogP contribution >= 0.6 is 0 Å². The number of nitrogens with two attached hydrogens (primary N) is 1. The Hall–Kier alpha value is -1.66. The zero-order valence-electron chi connectivity index (χ0n) is 11.7. The van der Waals surface area contributed by atoms with Crippen molar-refractivity contribution >= 4 is 11.4 Å². The number of nitrogen functional groups attached to an aromatic ring is 1. The van der Waals surface area contributed by atoms with E-state index in [4.69, 9.17) is 19.9 Å². The van der Waals surface area contributed by atoms with Crippen LogP contribution in [-0.4, -0.2) is 57.5 Å². The number of nitrogens with zero attached hydrogens (tertiary/aromatic N) is 1. The summed E-state index contributed by atoms with van der Waals surface area (Å²) in [6.07, 6.45) is 0.182. The second kappa shape index (κ2) is 5.76. The molecule has 0 bridgehead atoms. The Balaban J connectivity index is 1.65. The van der Waals surface area contributed by atoms with Crippen molar-refractivity contribution in [1.29, 1.82) is 0 Å². The highest BCUT2D eigenvalue weighted by molar-refractivity contribution is 5.72. The van der Waals surface area contributed by atoms with Gasteiger partial charge in [-0.15, -0.1) is 0 Å². The summed E-state index contributed by atoms with van der Waals surface area (Å²) < 4.78 is 16.8. The van der Waals surface area contributed by atoms with Gasteiger partial charge in [0.25, 0.3) is 0 Å². The fraction of sp³-hybridized carbons (Fsp3) is 0.571. The van der Waals surface area contributed by atoms with Crippen LogP contribution in [0.15, 0.2) is 12.1 Å².